The highest BCUT2D eigenvalue weighted by molar-refractivity contribution is 4.95. The van der Waals surface area contributed by atoms with Crippen LogP contribution in [0.1, 0.15) is 6.92 Å². The van der Waals surface area contributed by atoms with E-state index in [1.54, 1.807) is 0 Å². The molecule has 3 aliphatic heterocycles. The van der Waals surface area contributed by atoms with Crippen molar-refractivity contribution in [2.75, 3.05) is 13.2 Å². The van der Waals surface area contributed by atoms with Gasteiger partial charge in [0, 0.05) is 0 Å². The van der Waals surface area contributed by atoms with E-state index in [4.69, 9.17) is 28.8 Å². The zero-order valence-corrected chi connectivity index (χ0v) is 17.6. The molecular formula is C18H32O15. The van der Waals surface area contributed by atoms with Crippen molar-refractivity contribution in [1.29, 1.82) is 0 Å². The Morgan fingerprint density at radius 2 is 1.09 bits per heavy atom. The summed E-state index contributed by atoms with van der Waals surface area (Å²) >= 11 is 0. The third-order valence-electron chi connectivity index (χ3n) is 6.06. The van der Waals surface area contributed by atoms with Crippen molar-refractivity contribution >= 4 is 0 Å². The molecule has 3 fully saturated rings. The van der Waals surface area contributed by atoms with Gasteiger partial charge in [-0.1, -0.05) is 0 Å². The minimum absolute atomic E-state index is 0.706. The van der Waals surface area contributed by atoms with Crippen LogP contribution in [0, 0.1) is 0 Å². The second kappa shape index (κ2) is 11.0. The summed E-state index contributed by atoms with van der Waals surface area (Å²) in [6, 6.07) is 0. The van der Waals surface area contributed by atoms with Gasteiger partial charge in [0.25, 0.3) is 0 Å². The predicted molar refractivity (Wildman–Crippen MR) is 99.8 cm³/mol. The Labute approximate surface area is 187 Å². The number of aliphatic hydroxyl groups is 10. The number of rotatable bonds is 6. The molecule has 0 aliphatic carbocycles. The molecule has 0 aromatic heterocycles. The molecule has 1 unspecified atom stereocenters. The SMILES string of the molecule is C[C@@H]1O[C@@H](O[C@@H]2[C@@H](O)[C@H](O[C@H]3C(O)O[C@H](CO)[C@@H](O)[C@@H]3O)O[C@H](CO)[C@H]2O)[C@H](O)[C@H](O)[C@H]1O. The van der Waals surface area contributed by atoms with Gasteiger partial charge < -0.3 is 74.7 Å². The predicted octanol–water partition coefficient (Wildman–Crippen LogP) is -6.55. The number of hydrogen-bond acceptors (Lipinski definition) is 15. The Morgan fingerprint density at radius 1 is 0.545 bits per heavy atom. The zero-order chi connectivity index (χ0) is 24.6. The fourth-order valence-corrected chi connectivity index (χ4v) is 3.98. The van der Waals surface area contributed by atoms with Crippen LogP contribution >= 0.6 is 0 Å². The van der Waals surface area contributed by atoms with Gasteiger partial charge in [-0.25, -0.2) is 0 Å². The lowest BCUT2D eigenvalue weighted by Gasteiger charge is -2.47. The maximum absolute atomic E-state index is 10.7. The minimum atomic E-state index is -1.86. The maximum Gasteiger partial charge on any atom is 0.187 e. The van der Waals surface area contributed by atoms with Crippen LogP contribution in [0.5, 0.6) is 0 Å². The molecule has 0 aromatic carbocycles. The molecule has 0 saturated carbocycles. The molecule has 3 saturated heterocycles. The van der Waals surface area contributed by atoms with Crippen LogP contribution < -0.4 is 0 Å². The third-order valence-corrected chi connectivity index (χ3v) is 6.06. The van der Waals surface area contributed by atoms with Gasteiger partial charge in [-0.3, -0.25) is 0 Å². The van der Waals surface area contributed by atoms with E-state index in [0.717, 1.165) is 0 Å². The zero-order valence-electron chi connectivity index (χ0n) is 17.6. The first-order valence-electron chi connectivity index (χ1n) is 10.4. The van der Waals surface area contributed by atoms with Crippen LogP contribution in [0.4, 0.5) is 0 Å². The van der Waals surface area contributed by atoms with Crippen LogP contribution in [-0.4, -0.2) is 156 Å². The molecular weight excluding hydrogens is 456 g/mol. The number of aliphatic hydroxyl groups excluding tert-OH is 10. The Bertz CT molecular complexity index is 626. The Kier molecular flexibility index (Phi) is 8.99. The minimum Gasteiger partial charge on any atom is -0.394 e. The van der Waals surface area contributed by atoms with Crippen molar-refractivity contribution in [2.45, 2.75) is 99.0 Å². The molecule has 3 rings (SSSR count). The van der Waals surface area contributed by atoms with Crippen molar-refractivity contribution in [2.24, 2.45) is 0 Å². The molecule has 15 nitrogen and oxygen atoms in total. The molecule has 0 aromatic rings. The summed E-state index contributed by atoms with van der Waals surface area (Å²) in [6.45, 7) is -0.0882. The summed E-state index contributed by atoms with van der Waals surface area (Å²) in [7, 11) is 0. The summed E-state index contributed by atoms with van der Waals surface area (Å²) < 4.78 is 26.4. The lowest BCUT2D eigenvalue weighted by molar-refractivity contribution is -0.381. The largest absolute Gasteiger partial charge is 0.394 e. The van der Waals surface area contributed by atoms with E-state index in [1.807, 2.05) is 0 Å². The standard InChI is InChI=1S/C18H32O15/c1-4-7(21)10(24)12(26)17(29-4)32-14-9(23)6(3-20)31-18(13(14)27)33-15-11(25)8(22)5(2-19)30-16(15)28/h4-28H,2-3H2,1H3/t4-,5+,6+,7-,8+,9+,10+,11-,12+,13+,14-,15+,16?,17-,18-/m0/s1. The van der Waals surface area contributed by atoms with Crippen molar-refractivity contribution in [1.82, 2.24) is 0 Å². The van der Waals surface area contributed by atoms with E-state index in [9.17, 15) is 46.0 Å². The van der Waals surface area contributed by atoms with E-state index in [2.05, 4.69) is 0 Å². The molecule has 0 bridgehead atoms. The molecule has 10 N–H and O–H groups in total. The quantitative estimate of drug-likeness (QED) is 0.167. The van der Waals surface area contributed by atoms with Gasteiger partial charge in [0.15, 0.2) is 18.9 Å². The van der Waals surface area contributed by atoms with Gasteiger partial charge in [-0.05, 0) is 6.92 Å². The van der Waals surface area contributed by atoms with E-state index in [-0.39, 0.29) is 0 Å². The number of hydrogen-bond donors (Lipinski definition) is 10. The lowest BCUT2D eigenvalue weighted by Crippen LogP contribution is -2.66. The summed E-state index contributed by atoms with van der Waals surface area (Å²) in [6.07, 6.45) is -24.0. The molecule has 3 heterocycles. The molecule has 0 radical (unpaired) electrons. The summed E-state index contributed by atoms with van der Waals surface area (Å²) in [4.78, 5) is 0. The first-order chi connectivity index (χ1) is 15.5. The molecule has 15 heteroatoms. The summed E-state index contributed by atoms with van der Waals surface area (Å²) in [5, 5.41) is 100. The highest BCUT2D eigenvalue weighted by Gasteiger charge is 2.53. The Morgan fingerprint density at radius 3 is 1.70 bits per heavy atom. The van der Waals surface area contributed by atoms with Crippen LogP contribution in [0.2, 0.25) is 0 Å². The number of ether oxygens (including phenoxy) is 5. The van der Waals surface area contributed by atoms with E-state index in [1.165, 1.54) is 6.92 Å². The van der Waals surface area contributed by atoms with Crippen molar-refractivity contribution in [3.05, 3.63) is 0 Å². The van der Waals surface area contributed by atoms with Crippen LogP contribution in [0.25, 0.3) is 0 Å². The summed E-state index contributed by atoms with van der Waals surface area (Å²) in [5.41, 5.74) is 0. The second-order valence-corrected chi connectivity index (χ2v) is 8.32. The molecule has 0 amide bonds. The average molecular weight is 488 g/mol. The first-order valence-corrected chi connectivity index (χ1v) is 10.4. The molecule has 33 heavy (non-hydrogen) atoms. The van der Waals surface area contributed by atoms with E-state index >= 15 is 0 Å². The van der Waals surface area contributed by atoms with Crippen LogP contribution in [0.15, 0.2) is 0 Å². The third kappa shape index (κ3) is 5.32. The van der Waals surface area contributed by atoms with Gasteiger partial charge in [0.05, 0.1) is 19.3 Å². The second-order valence-electron chi connectivity index (χ2n) is 8.32. The average Bonchev–Trinajstić information content (AvgIpc) is 2.79. The highest BCUT2D eigenvalue weighted by Crippen LogP contribution is 2.32. The lowest BCUT2D eigenvalue weighted by atomic mass is 9.96. The molecule has 194 valence electrons. The van der Waals surface area contributed by atoms with Gasteiger partial charge in [0.2, 0.25) is 0 Å². The van der Waals surface area contributed by atoms with Gasteiger partial charge >= 0.3 is 0 Å². The normalized spacial score (nSPS) is 53.7. The topological polar surface area (TPSA) is 248 Å². The molecule has 3 aliphatic rings. The van der Waals surface area contributed by atoms with Crippen LogP contribution in [0.3, 0.4) is 0 Å². The van der Waals surface area contributed by atoms with E-state index < -0.39 is 105 Å². The Balaban J connectivity index is 1.75. The van der Waals surface area contributed by atoms with E-state index in [0.29, 0.717) is 0 Å². The Hall–Kier alpha value is -0.600. The van der Waals surface area contributed by atoms with Gasteiger partial charge in [-0.2, -0.15) is 0 Å². The van der Waals surface area contributed by atoms with Crippen molar-refractivity contribution in [3.63, 3.8) is 0 Å². The fourth-order valence-electron chi connectivity index (χ4n) is 3.98. The maximum atomic E-state index is 10.7. The fraction of sp³-hybridized carbons (Fsp3) is 1.00. The highest BCUT2D eigenvalue weighted by atomic mass is 16.8. The van der Waals surface area contributed by atoms with Crippen LogP contribution in [-0.2, 0) is 23.7 Å². The molecule has 15 atom stereocenters. The molecule has 0 spiro atoms. The smallest absolute Gasteiger partial charge is 0.187 e. The van der Waals surface area contributed by atoms with Gasteiger partial charge in [-0.15, -0.1) is 0 Å². The van der Waals surface area contributed by atoms with Crippen molar-refractivity contribution < 1.29 is 74.7 Å². The monoisotopic (exact) mass is 488 g/mol. The van der Waals surface area contributed by atoms with Crippen molar-refractivity contribution in [3.8, 4) is 0 Å². The summed E-state index contributed by atoms with van der Waals surface area (Å²) in [5.74, 6) is 0. The first kappa shape index (κ1) is 27.0. The van der Waals surface area contributed by atoms with Gasteiger partial charge in [0.1, 0.15) is 67.1 Å².